The topological polar surface area (TPSA) is 66.4 Å². The highest BCUT2D eigenvalue weighted by Gasteiger charge is 2.21. The molecule has 0 bridgehead atoms. The van der Waals surface area contributed by atoms with Gasteiger partial charge in [0.2, 0.25) is 0 Å². The minimum atomic E-state index is -1.02. The van der Waals surface area contributed by atoms with Crippen molar-refractivity contribution in [2.45, 2.75) is 19.0 Å². The van der Waals surface area contributed by atoms with E-state index in [1.54, 1.807) is 24.3 Å². The third-order valence-electron chi connectivity index (χ3n) is 3.18. The Morgan fingerprint density at radius 1 is 0.952 bits per heavy atom. The van der Waals surface area contributed by atoms with Gasteiger partial charge < -0.3 is 5.11 Å². The molecule has 4 heteroatoms. The van der Waals surface area contributed by atoms with Crippen molar-refractivity contribution in [2.24, 2.45) is 0 Å². The van der Waals surface area contributed by atoms with Crippen LogP contribution >= 0.6 is 0 Å². The Morgan fingerprint density at radius 2 is 1.52 bits per heavy atom. The zero-order chi connectivity index (χ0) is 15.1. The minimum absolute atomic E-state index is 0.0633. The predicted molar refractivity (Wildman–Crippen MR) is 80.1 cm³/mol. The van der Waals surface area contributed by atoms with Crippen LogP contribution in [-0.4, -0.2) is 22.9 Å². The molecular weight excluding hydrogens is 266 g/mol. The van der Waals surface area contributed by atoms with Gasteiger partial charge in [-0.3, -0.25) is 14.9 Å². The Hall–Kier alpha value is -2.46. The van der Waals surface area contributed by atoms with E-state index >= 15 is 0 Å². The number of aliphatic carboxylic acids is 1. The van der Waals surface area contributed by atoms with Gasteiger partial charge in [0.1, 0.15) is 6.04 Å². The molecule has 1 atom stereocenters. The highest BCUT2D eigenvalue weighted by atomic mass is 16.4. The van der Waals surface area contributed by atoms with Gasteiger partial charge in [-0.2, -0.15) is 0 Å². The van der Waals surface area contributed by atoms with Crippen LogP contribution in [0.25, 0.3) is 0 Å². The second-order valence-electron chi connectivity index (χ2n) is 4.75. The Bertz CT molecular complexity index is 596. The fourth-order valence-corrected chi connectivity index (χ4v) is 2.01. The van der Waals surface area contributed by atoms with Crippen LogP contribution in [0.1, 0.15) is 22.3 Å². The van der Waals surface area contributed by atoms with E-state index in [4.69, 9.17) is 0 Å². The van der Waals surface area contributed by atoms with Crippen molar-refractivity contribution in [1.29, 1.82) is 0 Å². The lowest BCUT2D eigenvalue weighted by atomic mass is 10.0. The molecule has 0 unspecified atom stereocenters. The second kappa shape index (κ2) is 7.36. The largest absolute Gasteiger partial charge is 0.480 e. The summed E-state index contributed by atoms with van der Waals surface area (Å²) in [4.78, 5) is 23.3. The summed E-state index contributed by atoms with van der Waals surface area (Å²) in [7, 11) is 0. The van der Waals surface area contributed by atoms with Gasteiger partial charge in [0.15, 0.2) is 5.78 Å². The smallest absolute Gasteiger partial charge is 0.321 e. The second-order valence-corrected chi connectivity index (χ2v) is 4.75. The highest BCUT2D eigenvalue weighted by molar-refractivity contribution is 5.98. The molecule has 0 amide bonds. The molecule has 2 N–H and O–H groups in total. The number of rotatable bonds is 7. The molecule has 2 aromatic rings. The summed E-state index contributed by atoms with van der Waals surface area (Å²) in [6.45, 7) is 0.417. The first-order valence-corrected chi connectivity index (χ1v) is 6.75. The number of ketones is 1. The quantitative estimate of drug-likeness (QED) is 0.766. The van der Waals surface area contributed by atoms with Gasteiger partial charge in [-0.25, -0.2) is 0 Å². The Morgan fingerprint density at radius 3 is 2.10 bits per heavy atom. The van der Waals surface area contributed by atoms with Crippen LogP contribution in [0, 0.1) is 0 Å². The standard InChI is InChI=1S/C17H17NO3/c19-16(14-9-5-2-6-10-14)11-15(17(20)21)18-12-13-7-3-1-4-8-13/h1-10,15,18H,11-12H2,(H,20,21)/t15-/m1/s1. The SMILES string of the molecule is O=C(C[C@@H](NCc1ccccc1)C(=O)O)c1ccccc1. The summed E-state index contributed by atoms with van der Waals surface area (Å²) in [5.41, 5.74) is 1.51. The van der Waals surface area contributed by atoms with Crippen LogP contribution in [0.2, 0.25) is 0 Å². The van der Waals surface area contributed by atoms with Crippen molar-refractivity contribution >= 4 is 11.8 Å². The van der Waals surface area contributed by atoms with Gasteiger partial charge in [0.25, 0.3) is 0 Å². The zero-order valence-electron chi connectivity index (χ0n) is 11.5. The van der Waals surface area contributed by atoms with E-state index in [0.29, 0.717) is 12.1 Å². The lowest BCUT2D eigenvalue weighted by Gasteiger charge is -2.14. The van der Waals surface area contributed by atoms with Gasteiger partial charge >= 0.3 is 5.97 Å². The molecule has 0 saturated heterocycles. The van der Waals surface area contributed by atoms with Crippen molar-refractivity contribution < 1.29 is 14.7 Å². The van der Waals surface area contributed by atoms with E-state index in [0.717, 1.165) is 5.56 Å². The number of carbonyl (C=O) groups is 2. The van der Waals surface area contributed by atoms with E-state index < -0.39 is 12.0 Å². The Labute approximate surface area is 123 Å². The summed E-state index contributed by atoms with van der Waals surface area (Å²) in [5.74, 6) is -1.20. The lowest BCUT2D eigenvalue weighted by molar-refractivity contribution is -0.139. The van der Waals surface area contributed by atoms with E-state index in [2.05, 4.69) is 5.32 Å². The summed E-state index contributed by atoms with van der Waals surface area (Å²) in [6.07, 6.45) is -0.0633. The normalized spacial score (nSPS) is 11.8. The maximum atomic E-state index is 12.1. The molecule has 0 saturated carbocycles. The van der Waals surface area contributed by atoms with Crippen molar-refractivity contribution in [3.8, 4) is 0 Å². The summed E-state index contributed by atoms with van der Waals surface area (Å²) in [5, 5.41) is 12.1. The molecule has 4 nitrogen and oxygen atoms in total. The minimum Gasteiger partial charge on any atom is -0.480 e. The van der Waals surface area contributed by atoms with Gasteiger partial charge in [0.05, 0.1) is 0 Å². The van der Waals surface area contributed by atoms with E-state index in [1.807, 2.05) is 36.4 Å². The number of hydrogen-bond acceptors (Lipinski definition) is 3. The predicted octanol–water partition coefficient (Wildman–Crippen LogP) is 2.50. The number of benzene rings is 2. The summed E-state index contributed by atoms with van der Waals surface area (Å²) in [6, 6.07) is 17.3. The van der Waals surface area contributed by atoms with Crippen LogP contribution in [-0.2, 0) is 11.3 Å². The van der Waals surface area contributed by atoms with Crippen molar-refractivity contribution in [1.82, 2.24) is 5.32 Å². The Kier molecular flexibility index (Phi) is 5.23. The van der Waals surface area contributed by atoms with Crippen LogP contribution < -0.4 is 5.32 Å². The molecule has 21 heavy (non-hydrogen) atoms. The van der Waals surface area contributed by atoms with Gasteiger partial charge in [-0.1, -0.05) is 60.7 Å². The van der Waals surface area contributed by atoms with E-state index in [-0.39, 0.29) is 12.2 Å². The zero-order valence-corrected chi connectivity index (χ0v) is 11.5. The molecule has 0 spiro atoms. The number of carboxylic acids is 1. The average Bonchev–Trinajstić information content (AvgIpc) is 2.52. The molecule has 0 aliphatic carbocycles. The summed E-state index contributed by atoms with van der Waals surface area (Å²) >= 11 is 0. The van der Waals surface area contributed by atoms with Gasteiger partial charge in [0, 0.05) is 18.5 Å². The first kappa shape index (κ1) is 14.9. The third-order valence-corrected chi connectivity index (χ3v) is 3.18. The maximum absolute atomic E-state index is 12.1. The molecule has 2 aromatic carbocycles. The van der Waals surface area contributed by atoms with E-state index in [1.165, 1.54) is 0 Å². The number of carbonyl (C=O) groups excluding carboxylic acids is 1. The van der Waals surface area contributed by atoms with Crippen molar-refractivity contribution in [2.75, 3.05) is 0 Å². The average molecular weight is 283 g/mol. The Balaban J connectivity index is 1.96. The van der Waals surface area contributed by atoms with Crippen LogP contribution in [0.3, 0.4) is 0 Å². The first-order chi connectivity index (χ1) is 10.2. The number of nitrogens with one attached hydrogen (secondary N) is 1. The fourth-order valence-electron chi connectivity index (χ4n) is 2.01. The highest BCUT2D eigenvalue weighted by Crippen LogP contribution is 2.07. The van der Waals surface area contributed by atoms with Crippen LogP contribution in [0.15, 0.2) is 60.7 Å². The van der Waals surface area contributed by atoms with E-state index in [9.17, 15) is 14.7 Å². The molecule has 0 aromatic heterocycles. The van der Waals surface area contributed by atoms with Crippen LogP contribution in [0.4, 0.5) is 0 Å². The molecule has 108 valence electrons. The molecule has 0 fully saturated rings. The third kappa shape index (κ3) is 4.54. The first-order valence-electron chi connectivity index (χ1n) is 6.75. The monoisotopic (exact) mass is 283 g/mol. The van der Waals surface area contributed by atoms with Gasteiger partial charge in [-0.15, -0.1) is 0 Å². The molecule has 0 radical (unpaired) electrons. The summed E-state index contributed by atoms with van der Waals surface area (Å²) < 4.78 is 0. The van der Waals surface area contributed by atoms with Crippen molar-refractivity contribution in [3.63, 3.8) is 0 Å². The van der Waals surface area contributed by atoms with Gasteiger partial charge in [-0.05, 0) is 5.56 Å². The number of hydrogen-bond donors (Lipinski definition) is 2. The number of carboxylic acid groups (broad SMARTS) is 1. The number of Topliss-reactive ketones (excluding diaryl/α,β-unsaturated/α-hetero) is 1. The fraction of sp³-hybridized carbons (Fsp3) is 0.176. The molecule has 0 heterocycles. The molecule has 0 aliphatic heterocycles. The molecule has 2 rings (SSSR count). The molecular formula is C17H17NO3. The lowest BCUT2D eigenvalue weighted by Crippen LogP contribution is -2.38. The van der Waals surface area contributed by atoms with Crippen molar-refractivity contribution in [3.05, 3.63) is 71.8 Å². The van der Waals surface area contributed by atoms with Crippen LogP contribution in [0.5, 0.6) is 0 Å². The molecule has 0 aliphatic rings. The maximum Gasteiger partial charge on any atom is 0.321 e.